The van der Waals surface area contributed by atoms with Gasteiger partial charge in [-0.3, -0.25) is 4.79 Å². The van der Waals surface area contributed by atoms with Crippen LogP contribution in [0.2, 0.25) is 0 Å². The molecule has 7 heteroatoms. The van der Waals surface area contributed by atoms with Crippen molar-refractivity contribution in [1.29, 1.82) is 0 Å². The maximum atomic E-state index is 12.7. The number of aliphatic hydroxyl groups is 1. The molecular formula is C14H24N2O5. The van der Waals surface area contributed by atoms with Crippen molar-refractivity contribution in [3.05, 3.63) is 0 Å². The van der Waals surface area contributed by atoms with Gasteiger partial charge in [-0.15, -0.1) is 0 Å². The van der Waals surface area contributed by atoms with Gasteiger partial charge in [0.05, 0.1) is 25.9 Å². The smallest absolute Gasteiger partial charge is 0.320 e. The topological polar surface area (TPSA) is 90.3 Å². The number of ether oxygens (including phenoxy) is 1. The van der Waals surface area contributed by atoms with E-state index in [0.29, 0.717) is 6.54 Å². The molecule has 2 fully saturated rings. The van der Waals surface area contributed by atoms with Crippen molar-refractivity contribution in [2.24, 2.45) is 5.92 Å². The molecule has 1 saturated heterocycles. The number of carbonyl (C=O) groups is 2. The molecule has 0 aromatic carbocycles. The SMILES string of the molecule is CN(C(=O)N(CCO)C1CCCC1)C1COCC1C(=O)O. The van der Waals surface area contributed by atoms with Crippen LogP contribution < -0.4 is 0 Å². The lowest BCUT2D eigenvalue weighted by molar-refractivity contribution is -0.142. The number of carboxylic acids is 1. The monoisotopic (exact) mass is 300 g/mol. The molecule has 2 rings (SSSR count). The van der Waals surface area contributed by atoms with Crippen LogP contribution in [0.3, 0.4) is 0 Å². The number of aliphatic hydroxyl groups excluding tert-OH is 1. The Balaban J connectivity index is 2.06. The molecule has 0 radical (unpaired) electrons. The first-order valence-corrected chi connectivity index (χ1v) is 7.51. The molecule has 0 aromatic rings. The van der Waals surface area contributed by atoms with Crippen LogP contribution in [0.1, 0.15) is 25.7 Å². The van der Waals surface area contributed by atoms with Gasteiger partial charge >= 0.3 is 12.0 Å². The zero-order valence-corrected chi connectivity index (χ0v) is 12.4. The molecule has 1 aliphatic carbocycles. The average Bonchev–Trinajstić information content (AvgIpc) is 3.13. The van der Waals surface area contributed by atoms with Crippen molar-refractivity contribution in [1.82, 2.24) is 9.80 Å². The molecule has 2 aliphatic rings. The van der Waals surface area contributed by atoms with Crippen LogP contribution in [0.4, 0.5) is 4.79 Å². The lowest BCUT2D eigenvalue weighted by Crippen LogP contribution is -2.53. The molecule has 1 saturated carbocycles. The molecule has 7 nitrogen and oxygen atoms in total. The average molecular weight is 300 g/mol. The third-order valence-electron chi connectivity index (χ3n) is 4.52. The highest BCUT2D eigenvalue weighted by molar-refractivity contribution is 5.77. The van der Waals surface area contributed by atoms with E-state index < -0.39 is 17.9 Å². The Morgan fingerprint density at radius 1 is 1.24 bits per heavy atom. The number of likely N-dealkylation sites (N-methyl/N-ethyl adjacent to an activating group) is 1. The fraction of sp³-hybridized carbons (Fsp3) is 0.857. The predicted octanol–water partition coefficient (Wildman–Crippen LogP) is 0.375. The third-order valence-corrected chi connectivity index (χ3v) is 4.52. The van der Waals surface area contributed by atoms with E-state index in [1.807, 2.05) is 0 Å². The van der Waals surface area contributed by atoms with E-state index in [0.717, 1.165) is 25.7 Å². The van der Waals surface area contributed by atoms with Crippen molar-refractivity contribution < 1.29 is 24.5 Å². The van der Waals surface area contributed by atoms with Gasteiger partial charge in [0.2, 0.25) is 0 Å². The summed E-state index contributed by atoms with van der Waals surface area (Å²) in [4.78, 5) is 27.0. The Hall–Kier alpha value is -1.34. The van der Waals surface area contributed by atoms with Gasteiger partial charge in [-0.25, -0.2) is 4.79 Å². The Labute approximate surface area is 124 Å². The maximum Gasteiger partial charge on any atom is 0.320 e. The first-order chi connectivity index (χ1) is 10.1. The van der Waals surface area contributed by atoms with Crippen LogP contribution in [0.5, 0.6) is 0 Å². The number of rotatable bonds is 5. The van der Waals surface area contributed by atoms with Gasteiger partial charge in [-0.2, -0.15) is 0 Å². The molecule has 0 spiro atoms. The number of carbonyl (C=O) groups excluding carboxylic acids is 1. The number of nitrogens with zero attached hydrogens (tertiary/aromatic N) is 2. The fourth-order valence-electron chi connectivity index (χ4n) is 3.26. The molecule has 2 atom stereocenters. The van der Waals surface area contributed by atoms with Crippen LogP contribution in [-0.4, -0.2) is 77.5 Å². The van der Waals surface area contributed by atoms with Crippen molar-refractivity contribution in [3.8, 4) is 0 Å². The number of urea groups is 1. The van der Waals surface area contributed by atoms with Crippen LogP contribution in [0, 0.1) is 5.92 Å². The van der Waals surface area contributed by atoms with Crippen molar-refractivity contribution in [2.75, 3.05) is 33.4 Å². The molecule has 2 N–H and O–H groups in total. The third kappa shape index (κ3) is 3.47. The standard InChI is InChI=1S/C14H24N2O5/c1-15(12-9-21-8-11(12)13(18)19)14(20)16(6-7-17)10-4-2-3-5-10/h10-12,17H,2-9H2,1H3,(H,18,19). The van der Waals surface area contributed by atoms with E-state index in [9.17, 15) is 19.8 Å². The van der Waals surface area contributed by atoms with Gasteiger partial charge in [-0.1, -0.05) is 12.8 Å². The quantitative estimate of drug-likeness (QED) is 0.766. The van der Waals surface area contributed by atoms with Gasteiger partial charge in [0.1, 0.15) is 5.92 Å². The lowest BCUT2D eigenvalue weighted by atomic mass is 10.0. The first-order valence-electron chi connectivity index (χ1n) is 7.51. The molecule has 1 aliphatic heterocycles. The van der Waals surface area contributed by atoms with E-state index in [1.54, 1.807) is 11.9 Å². The number of carboxylic acid groups (broad SMARTS) is 1. The van der Waals surface area contributed by atoms with Crippen LogP contribution in [-0.2, 0) is 9.53 Å². The number of hydrogen-bond donors (Lipinski definition) is 2. The summed E-state index contributed by atoms with van der Waals surface area (Å²) in [5.74, 6) is -1.62. The lowest BCUT2D eigenvalue weighted by Gasteiger charge is -2.35. The van der Waals surface area contributed by atoms with Gasteiger partial charge in [0.15, 0.2) is 0 Å². The molecule has 21 heavy (non-hydrogen) atoms. The van der Waals surface area contributed by atoms with Crippen molar-refractivity contribution in [3.63, 3.8) is 0 Å². The van der Waals surface area contributed by atoms with Crippen LogP contribution in [0.25, 0.3) is 0 Å². The minimum Gasteiger partial charge on any atom is -0.481 e. The fourth-order valence-corrected chi connectivity index (χ4v) is 3.26. The second kappa shape index (κ2) is 7.09. The van der Waals surface area contributed by atoms with E-state index in [2.05, 4.69) is 0 Å². The molecule has 120 valence electrons. The van der Waals surface area contributed by atoms with Gasteiger partial charge in [0, 0.05) is 19.6 Å². The number of aliphatic carboxylic acids is 1. The Bertz CT molecular complexity index is 384. The van der Waals surface area contributed by atoms with E-state index in [-0.39, 0.29) is 31.9 Å². The summed E-state index contributed by atoms with van der Waals surface area (Å²) in [5, 5.41) is 18.4. The predicted molar refractivity (Wildman–Crippen MR) is 74.9 cm³/mol. The summed E-state index contributed by atoms with van der Waals surface area (Å²) in [5.41, 5.74) is 0. The molecule has 2 unspecified atom stereocenters. The zero-order valence-electron chi connectivity index (χ0n) is 12.4. The summed E-state index contributed by atoms with van der Waals surface area (Å²) < 4.78 is 5.22. The van der Waals surface area contributed by atoms with Gasteiger partial charge in [0.25, 0.3) is 0 Å². The Kier molecular flexibility index (Phi) is 5.41. The van der Waals surface area contributed by atoms with E-state index >= 15 is 0 Å². The Morgan fingerprint density at radius 2 is 1.90 bits per heavy atom. The molecular weight excluding hydrogens is 276 g/mol. The molecule has 2 amide bonds. The maximum absolute atomic E-state index is 12.7. The van der Waals surface area contributed by atoms with Gasteiger partial charge < -0.3 is 24.7 Å². The summed E-state index contributed by atoms with van der Waals surface area (Å²) in [7, 11) is 1.62. The number of amides is 2. The van der Waals surface area contributed by atoms with Crippen LogP contribution >= 0.6 is 0 Å². The molecule has 1 heterocycles. The zero-order chi connectivity index (χ0) is 15.4. The summed E-state index contributed by atoms with van der Waals surface area (Å²) >= 11 is 0. The van der Waals surface area contributed by atoms with Crippen LogP contribution in [0.15, 0.2) is 0 Å². The second-order valence-electron chi connectivity index (χ2n) is 5.80. The minimum absolute atomic E-state index is 0.0837. The summed E-state index contributed by atoms with van der Waals surface area (Å²) in [6, 6.07) is -0.506. The molecule has 0 aromatic heterocycles. The largest absolute Gasteiger partial charge is 0.481 e. The highest BCUT2D eigenvalue weighted by atomic mass is 16.5. The van der Waals surface area contributed by atoms with Gasteiger partial charge in [-0.05, 0) is 12.8 Å². The highest BCUT2D eigenvalue weighted by Crippen LogP contribution is 2.26. The first kappa shape index (κ1) is 16.0. The van der Waals surface area contributed by atoms with E-state index in [4.69, 9.17) is 4.74 Å². The van der Waals surface area contributed by atoms with Crippen molar-refractivity contribution >= 4 is 12.0 Å². The number of hydrogen-bond acceptors (Lipinski definition) is 4. The summed E-state index contributed by atoms with van der Waals surface area (Å²) in [6.07, 6.45) is 4.08. The normalized spacial score (nSPS) is 26.0. The Morgan fingerprint density at radius 3 is 2.48 bits per heavy atom. The van der Waals surface area contributed by atoms with E-state index in [1.165, 1.54) is 4.90 Å². The second-order valence-corrected chi connectivity index (χ2v) is 5.80. The molecule has 0 bridgehead atoms. The highest BCUT2D eigenvalue weighted by Gasteiger charge is 2.40. The minimum atomic E-state index is -0.938. The van der Waals surface area contributed by atoms with Crippen molar-refractivity contribution in [2.45, 2.75) is 37.8 Å². The summed E-state index contributed by atoms with van der Waals surface area (Å²) in [6.45, 7) is 0.594.